The van der Waals surface area contributed by atoms with Crippen LogP contribution in [0.1, 0.15) is 29.7 Å². The van der Waals surface area contributed by atoms with Crippen LogP contribution in [-0.2, 0) is 19.1 Å². The Morgan fingerprint density at radius 3 is 2.45 bits per heavy atom. The van der Waals surface area contributed by atoms with Gasteiger partial charge in [0.1, 0.15) is 11.8 Å². The number of hydrogen-bond acceptors (Lipinski definition) is 10. The maximum Gasteiger partial charge on any atom is 0.338 e. The highest BCUT2D eigenvalue weighted by atomic mass is 79.9. The van der Waals surface area contributed by atoms with Crippen LogP contribution in [0.25, 0.3) is 11.8 Å². The Morgan fingerprint density at radius 1 is 1.00 bits per heavy atom. The average molecular weight is 749 g/mol. The Kier molecular flexibility index (Phi) is 10.6. The van der Waals surface area contributed by atoms with Crippen LogP contribution in [0.15, 0.2) is 86.6 Å². The molecule has 3 aromatic carbocycles. The van der Waals surface area contributed by atoms with Crippen molar-refractivity contribution in [1.29, 1.82) is 0 Å². The summed E-state index contributed by atoms with van der Waals surface area (Å²) in [7, 11) is 3.05. The Hall–Kier alpha value is -4.72. The number of amides is 1. The zero-order chi connectivity index (χ0) is 34.5. The minimum absolute atomic E-state index is 0.135. The summed E-state index contributed by atoms with van der Waals surface area (Å²) in [6.45, 7) is 3.79. The quantitative estimate of drug-likeness (QED) is 0.224. The van der Waals surface area contributed by atoms with Crippen LogP contribution in [0.2, 0.25) is 0 Å². The van der Waals surface area contributed by atoms with E-state index in [2.05, 4.69) is 15.9 Å². The first-order valence-electron chi connectivity index (χ1n) is 15.6. The molecule has 4 aromatic rings. The summed E-state index contributed by atoms with van der Waals surface area (Å²) in [5, 5.41) is 0. The van der Waals surface area contributed by atoms with Crippen molar-refractivity contribution in [1.82, 2.24) is 9.47 Å². The number of aromatic nitrogens is 1. The van der Waals surface area contributed by atoms with E-state index in [0.717, 1.165) is 4.47 Å². The highest BCUT2D eigenvalue weighted by molar-refractivity contribution is 9.10. The van der Waals surface area contributed by atoms with Crippen molar-refractivity contribution in [3.63, 3.8) is 0 Å². The molecule has 0 bridgehead atoms. The van der Waals surface area contributed by atoms with Crippen molar-refractivity contribution in [2.45, 2.75) is 13.0 Å². The second-order valence-electron chi connectivity index (χ2n) is 11.0. The van der Waals surface area contributed by atoms with E-state index < -0.39 is 12.0 Å². The molecule has 6 rings (SSSR count). The normalized spacial score (nSPS) is 16.1. The van der Waals surface area contributed by atoms with E-state index in [1.54, 1.807) is 49.3 Å². The third kappa shape index (κ3) is 7.19. The number of thiazole rings is 1. The van der Waals surface area contributed by atoms with Crippen LogP contribution in [0.5, 0.6) is 17.2 Å². The molecule has 1 saturated heterocycles. The fourth-order valence-electron chi connectivity index (χ4n) is 5.74. The van der Waals surface area contributed by atoms with Gasteiger partial charge in [-0.2, -0.15) is 0 Å². The van der Waals surface area contributed by atoms with Gasteiger partial charge in [-0.15, -0.1) is 0 Å². The number of morpholine rings is 1. The highest BCUT2D eigenvalue weighted by Crippen LogP contribution is 2.40. The van der Waals surface area contributed by atoms with Crippen molar-refractivity contribution < 1.29 is 33.3 Å². The Balaban J connectivity index is 1.46. The zero-order valence-electron chi connectivity index (χ0n) is 27.1. The van der Waals surface area contributed by atoms with Crippen molar-refractivity contribution in [2.75, 3.05) is 53.7 Å². The van der Waals surface area contributed by atoms with E-state index >= 15 is 0 Å². The molecule has 0 unspecified atom stereocenters. The van der Waals surface area contributed by atoms with Crippen molar-refractivity contribution in [3.05, 3.63) is 113 Å². The fraction of sp³-hybridized carbons (Fsp3) is 0.278. The minimum atomic E-state index is -0.908. The second kappa shape index (κ2) is 15.2. The van der Waals surface area contributed by atoms with Gasteiger partial charge in [-0.05, 0) is 48.9 Å². The third-order valence-electron chi connectivity index (χ3n) is 8.06. The van der Waals surface area contributed by atoms with Gasteiger partial charge in [0, 0.05) is 28.7 Å². The number of carbonyl (C=O) groups is 2. The number of nitrogens with zero attached hydrogens (tertiary/aromatic N) is 3. The predicted octanol–water partition coefficient (Wildman–Crippen LogP) is 3.95. The lowest BCUT2D eigenvalue weighted by atomic mass is 9.92. The van der Waals surface area contributed by atoms with E-state index in [1.165, 1.54) is 23.0 Å². The molecule has 1 amide bonds. The lowest BCUT2D eigenvalue weighted by Crippen LogP contribution is -2.43. The number of halogens is 1. The number of fused-ring (bicyclic) bond motifs is 1. The molecule has 0 aliphatic carbocycles. The van der Waals surface area contributed by atoms with Crippen LogP contribution in [0, 0.1) is 0 Å². The van der Waals surface area contributed by atoms with Gasteiger partial charge in [0.15, 0.2) is 22.9 Å². The van der Waals surface area contributed by atoms with Crippen LogP contribution in [-0.4, -0.2) is 75.1 Å². The molecule has 11 nitrogen and oxygen atoms in total. The number of rotatable bonds is 10. The Morgan fingerprint density at radius 2 is 1.73 bits per heavy atom. The Labute approximate surface area is 294 Å². The lowest BCUT2D eigenvalue weighted by molar-refractivity contribution is -0.139. The molecule has 13 heteroatoms. The van der Waals surface area contributed by atoms with Crippen molar-refractivity contribution in [3.8, 4) is 17.2 Å². The summed E-state index contributed by atoms with van der Waals surface area (Å²) in [5.41, 5.74) is 2.24. The van der Waals surface area contributed by atoms with E-state index in [-0.39, 0.29) is 30.3 Å². The number of methoxy groups -OCH3 is 2. The fourth-order valence-corrected chi connectivity index (χ4v) is 7.12. The first-order valence-corrected chi connectivity index (χ1v) is 17.2. The molecular formula is C36H34BrN3O8S. The average Bonchev–Trinajstić information content (AvgIpc) is 3.44. The number of carbonyl (C=O) groups excluding carboxylic acids is 2. The number of benzene rings is 3. The van der Waals surface area contributed by atoms with Gasteiger partial charge in [-0.3, -0.25) is 14.2 Å². The molecule has 2 aliphatic rings. The molecule has 254 valence electrons. The van der Waals surface area contributed by atoms with Crippen LogP contribution >= 0.6 is 27.3 Å². The van der Waals surface area contributed by atoms with E-state index in [1.807, 2.05) is 42.5 Å². The number of ether oxygens (including phenoxy) is 5. The standard InChI is InChI=1S/C36H34BrN3O8S/c1-4-47-35(43)31-32(23-8-6-5-7-9-23)38-36-40(33(31)25-20-24(37)11-13-26(25)44-2)34(42)29(49-36)19-22-10-12-27(28(18-22)45-3)48-21-30(41)39-14-16-46-17-15-39/h5-13,18-20,33H,4,14-17,21H2,1-3H3/b29-19-/t33-/m1/s1. The van der Waals surface area contributed by atoms with E-state index in [4.69, 9.17) is 28.7 Å². The van der Waals surface area contributed by atoms with Gasteiger partial charge >= 0.3 is 5.97 Å². The summed E-state index contributed by atoms with van der Waals surface area (Å²) in [4.78, 5) is 47.8. The predicted molar refractivity (Wildman–Crippen MR) is 188 cm³/mol. The molecule has 1 aromatic heterocycles. The van der Waals surface area contributed by atoms with Crippen molar-refractivity contribution in [2.24, 2.45) is 4.99 Å². The summed E-state index contributed by atoms with van der Waals surface area (Å²) < 4.78 is 30.7. The van der Waals surface area contributed by atoms with E-state index in [9.17, 15) is 14.4 Å². The molecule has 49 heavy (non-hydrogen) atoms. The topological polar surface area (TPSA) is 118 Å². The van der Waals surface area contributed by atoms with Crippen LogP contribution < -0.4 is 29.1 Å². The SMILES string of the molecule is CCOC(=O)C1=C(c2ccccc2)N=c2s/c(=C\c3ccc(OCC(=O)N4CCOCC4)c(OC)c3)c(=O)n2[C@@H]1c1cc(Br)ccc1OC. The third-order valence-corrected chi connectivity index (χ3v) is 9.54. The minimum Gasteiger partial charge on any atom is -0.496 e. The van der Waals surface area contributed by atoms with Gasteiger partial charge in [0.2, 0.25) is 0 Å². The van der Waals surface area contributed by atoms with E-state index in [0.29, 0.717) is 75.3 Å². The molecular weight excluding hydrogens is 714 g/mol. The second-order valence-corrected chi connectivity index (χ2v) is 12.9. The van der Waals surface area contributed by atoms with Gasteiger partial charge < -0.3 is 28.6 Å². The van der Waals surface area contributed by atoms with Gasteiger partial charge in [-0.1, -0.05) is 63.7 Å². The molecule has 3 heterocycles. The maximum absolute atomic E-state index is 14.4. The molecule has 1 fully saturated rings. The first kappa shape index (κ1) is 34.2. The summed E-state index contributed by atoms with van der Waals surface area (Å²) in [6.07, 6.45) is 1.74. The zero-order valence-corrected chi connectivity index (χ0v) is 29.5. The summed E-state index contributed by atoms with van der Waals surface area (Å²) in [6, 6.07) is 19.1. The lowest BCUT2D eigenvalue weighted by Gasteiger charge is -2.27. The molecule has 0 spiro atoms. The van der Waals surface area contributed by atoms with Crippen LogP contribution in [0.3, 0.4) is 0 Å². The smallest absolute Gasteiger partial charge is 0.338 e. The molecule has 1 atom stereocenters. The van der Waals surface area contributed by atoms with Gasteiger partial charge in [0.25, 0.3) is 11.5 Å². The number of esters is 1. The maximum atomic E-state index is 14.4. The van der Waals surface area contributed by atoms with Gasteiger partial charge in [-0.25, -0.2) is 9.79 Å². The largest absolute Gasteiger partial charge is 0.496 e. The molecule has 0 radical (unpaired) electrons. The number of hydrogen-bond donors (Lipinski definition) is 0. The first-order chi connectivity index (χ1) is 23.8. The Bertz CT molecular complexity index is 2090. The molecule has 0 N–H and O–H groups in total. The summed E-state index contributed by atoms with van der Waals surface area (Å²) >= 11 is 4.76. The molecule has 0 saturated carbocycles. The summed E-state index contributed by atoms with van der Waals surface area (Å²) in [5.74, 6) is 0.578. The highest BCUT2D eigenvalue weighted by Gasteiger charge is 2.37. The van der Waals surface area contributed by atoms with Crippen LogP contribution in [0.4, 0.5) is 0 Å². The molecule has 2 aliphatic heterocycles. The van der Waals surface area contributed by atoms with Gasteiger partial charge in [0.05, 0.1) is 49.8 Å². The van der Waals surface area contributed by atoms with Crippen molar-refractivity contribution >= 4 is 50.9 Å². The monoisotopic (exact) mass is 747 g/mol.